The Morgan fingerprint density at radius 3 is 2.42 bits per heavy atom. The zero-order valence-electron chi connectivity index (χ0n) is 6.84. The van der Waals surface area contributed by atoms with Gasteiger partial charge in [0, 0.05) is 12.8 Å². The third kappa shape index (κ3) is 2.40. The lowest BCUT2D eigenvalue weighted by molar-refractivity contribution is -0.187. The van der Waals surface area contributed by atoms with Crippen LogP contribution in [0.1, 0.15) is 19.8 Å². The van der Waals surface area contributed by atoms with Crippen LogP contribution >= 0.6 is 0 Å². The fourth-order valence-electron chi connectivity index (χ4n) is 1.36. The van der Waals surface area contributed by atoms with E-state index in [1.165, 1.54) is 0 Å². The van der Waals surface area contributed by atoms with Gasteiger partial charge in [-0.3, -0.25) is 0 Å². The van der Waals surface area contributed by atoms with Crippen molar-refractivity contribution in [1.82, 2.24) is 0 Å². The fourth-order valence-corrected chi connectivity index (χ4v) is 1.36. The molecular formula is C7H14O5. The Morgan fingerprint density at radius 1 is 1.25 bits per heavy atom. The zero-order valence-corrected chi connectivity index (χ0v) is 6.84. The van der Waals surface area contributed by atoms with E-state index in [1.807, 2.05) is 0 Å². The first kappa shape index (κ1) is 9.88. The van der Waals surface area contributed by atoms with E-state index in [0.29, 0.717) is 0 Å². The Hall–Kier alpha value is -0.200. The zero-order chi connectivity index (χ0) is 9.35. The lowest BCUT2D eigenvalue weighted by Crippen LogP contribution is -2.35. The maximum Gasteiger partial charge on any atom is 0.181 e. The second-order valence-electron chi connectivity index (χ2n) is 3.30. The third-order valence-electron chi connectivity index (χ3n) is 1.85. The molecule has 0 radical (unpaired) electrons. The monoisotopic (exact) mass is 178 g/mol. The van der Waals surface area contributed by atoms with Crippen LogP contribution in [0, 0.1) is 0 Å². The lowest BCUT2D eigenvalue weighted by Gasteiger charge is -2.21. The van der Waals surface area contributed by atoms with Crippen molar-refractivity contribution in [1.29, 1.82) is 0 Å². The Morgan fingerprint density at radius 2 is 1.83 bits per heavy atom. The number of aliphatic hydroxyl groups is 4. The molecule has 5 heteroatoms. The minimum atomic E-state index is -1.95. The molecule has 0 saturated carbocycles. The van der Waals surface area contributed by atoms with Gasteiger partial charge in [0.2, 0.25) is 0 Å². The molecule has 12 heavy (non-hydrogen) atoms. The summed E-state index contributed by atoms with van der Waals surface area (Å²) in [6, 6.07) is 0. The van der Waals surface area contributed by atoms with Crippen LogP contribution in [0.3, 0.4) is 0 Å². The van der Waals surface area contributed by atoms with Crippen LogP contribution in [0.25, 0.3) is 0 Å². The minimum absolute atomic E-state index is 0.0128. The maximum absolute atomic E-state index is 9.22. The quantitative estimate of drug-likeness (QED) is 0.340. The van der Waals surface area contributed by atoms with Crippen molar-refractivity contribution in [2.75, 3.05) is 0 Å². The standard InChI is InChI=1S/C7H14O5/c1-4-2-7(10,11)3-5(8)6(9)12-4/h4-6,8-11H,2-3H2,1H3/t4?,5?,6-/m0/s1. The Kier molecular flexibility index (Phi) is 2.70. The van der Waals surface area contributed by atoms with E-state index in [0.717, 1.165) is 0 Å². The van der Waals surface area contributed by atoms with Crippen LogP contribution in [0.2, 0.25) is 0 Å². The first-order valence-electron chi connectivity index (χ1n) is 3.87. The molecule has 1 heterocycles. The molecular weight excluding hydrogens is 164 g/mol. The van der Waals surface area contributed by atoms with Crippen LogP contribution in [0.15, 0.2) is 0 Å². The van der Waals surface area contributed by atoms with Gasteiger partial charge in [-0.05, 0) is 6.92 Å². The Bertz CT molecular complexity index is 158. The van der Waals surface area contributed by atoms with Crippen molar-refractivity contribution < 1.29 is 25.2 Å². The topological polar surface area (TPSA) is 90.2 Å². The molecule has 0 bridgehead atoms. The molecule has 0 aromatic rings. The van der Waals surface area contributed by atoms with Crippen molar-refractivity contribution in [3.8, 4) is 0 Å². The van der Waals surface area contributed by atoms with Gasteiger partial charge in [0.25, 0.3) is 0 Å². The summed E-state index contributed by atoms with van der Waals surface area (Å²) in [6.45, 7) is 1.60. The van der Waals surface area contributed by atoms with Gasteiger partial charge in [-0.2, -0.15) is 0 Å². The van der Waals surface area contributed by atoms with E-state index in [-0.39, 0.29) is 12.8 Å². The molecule has 1 aliphatic rings. The number of rotatable bonds is 0. The molecule has 5 nitrogen and oxygen atoms in total. The SMILES string of the molecule is CC1CC(O)(O)CC(O)[C@@H](O)O1. The highest BCUT2D eigenvalue weighted by Gasteiger charge is 2.37. The maximum atomic E-state index is 9.22. The van der Waals surface area contributed by atoms with Gasteiger partial charge < -0.3 is 25.2 Å². The summed E-state index contributed by atoms with van der Waals surface area (Å²) in [4.78, 5) is 0. The van der Waals surface area contributed by atoms with Crippen molar-refractivity contribution in [2.45, 2.75) is 44.1 Å². The molecule has 0 aromatic heterocycles. The Labute approximate surface area is 70.2 Å². The number of hydrogen-bond acceptors (Lipinski definition) is 5. The highest BCUT2D eigenvalue weighted by molar-refractivity contribution is 4.78. The van der Waals surface area contributed by atoms with Gasteiger partial charge in [-0.15, -0.1) is 0 Å². The van der Waals surface area contributed by atoms with Crippen molar-refractivity contribution in [3.05, 3.63) is 0 Å². The highest BCUT2D eigenvalue weighted by Crippen LogP contribution is 2.24. The van der Waals surface area contributed by atoms with Gasteiger partial charge in [0.15, 0.2) is 12.1 Å². The number of aliphatic hydroxyl groups excluding tert-OH is 2. The molecule has 0 amide bonds. The highest BCUT2D eigenvalue weighted by atomic mass is 16.6. The summed E-state index contributed by atoms with van der Waals surface area (Å²) < 4.78 is 4.84. The number of ether oxygens (including phenoxy) is 1. The van der Waals surface area contributed by atoms with Gasteiger partial charge in [0.1, 0.15) is 6.10 Å². The first-order valence-corrected chi connectivity index (χ1v) is 3.87. The van der Waals surface area contributed by atoms with Crippen LogP contribution in [-0.2, 0) is 4.74 Å². The second kappa shape index (κ2) is 3.27. The average Bonchev–Trinajstić information content (AvgIpc) is 1.89. The van der Waals surface area contributed by atoms with Gasteiger partial charge in [0.05, 0.1) is 6.10 Å². The van der Waals surface area contributed by atoms with Crippen LogP contribution in [0.5, 0.6) is 0 Å². The van der Waals surface area contributed by atoms with Crippen molar-refractivity contribution >= 4 is 0 Å². The van der Waals surface area contributed by atoms with Crippen molar-refractivity contribution in [3.63, 3.8) is 0 Å². The molecule has 0 aliphatic carbocycles. The summed E-state index contributed by atoms with van der Waals surface area (Å²) in [6.07, 6.45) is -3.36. The first-order chi connectivity index (χ1) is 5.41. The van der Waals surface area contributed by atoms with Gasteiger partial charge in [-0.1, -0.05) is 0 Å². The molecule has 3 atom stereocenters. The summed E-state index contributed by atoms with van der Waals surface area (Å²) in [5.74, 6) is -1.95. The minimum Gasteiger partial charge on any atom is -0.388 e. The normalized spacial score (nSPS) is 42.2. The summed E-state index contributed by atoms with van der Waals surface area (Å²) >= 11 is 0. The predicted molar refractivity (Wildman–Crippen MR) is 39.0 cm³/mol. The fraction of sp³-hybridized carbons (Fsp3) is 1.00. The molecule has 1 fully saturated rings. The summed E-state index contributed by atoms with van der Waals surface area (Å²) in [5.41, 5.74) is 0. The lowest BCUT2D eigenvalue weighted by atomic mass is 10.0. The van der Waals surface area contributed by atoms with Crippen LogP contribution < -0.4 is 0 Å². The van der Waals surface area contributed by atoms with E-state index in [1.54, 1.807) is 6.92 Å². The summed E-state index contributed by atoms with van der Waals surface area (Å²) in [7, 11) is 0. The largest absolute Gasteiger partial charge is 0.388 e. The van der Waals surface area contributed by atoms with E-state index in [2.05, 4.69) is 0 Å². The smallest absolute Gasteiger partial charge is 0.181 e. The molecule has 1 aliphatic heterocycles. The predicted octanol–water partition coefficient (Wildman–Crippen LogP) is -1.45. The van der Waals surface area contributed by atoms with E-state index in [9.17, 15) is 10.2 Å². The van der Waals surface area contributed by atoms with Gasteiger partial charge >= 0.3 is 0 Å². The Balaban J connectivity index is 2.66. The molecule has 72 valence electrons. The van der Waals surface area contributed by atoms with Gasteiger partial charge in [-0.25, -0.2) is 0 Å². The molecule has 1 saturated heterocycles. The molecule has 1 rings (SSSR count). The van der Waals surface area contributed by atoms with E-state index >= 15 is 0 Å². The molecule has 0 aromatic carbocycles. The third-order valence-corrected chi connectivity index (χ3v) is 1.85. The van der Waals surface area contributed by atoms with E-state index in [4.69, 9.17) is 14.9 Å². The van der Waals surface area contributed by atoms with Crippen molar-refractivity contribution in [2.24, 2.45) is 0 Å². The van der Waals surface area contributed by atoms with Crippen LogP contribution in [-0.4, -0.2) is 44.7 Å². The summed E-state index contributed by atoms with van der Waals surface area (Å²) in [5, 5.41) is 36.6. The number of hydrogen-bond donors (Lipinski definition) is 4. The van der Waals surface area contributed by atoms with E-state index < -0.39 is 24.3 Å². The average molecular weight is 178 g/mol. The van der Waals surface area contributed by atoms with Crippen LogP contribution in [0.4, 0.5) is 0 Å². The molecule has 2 unspecified atom stereocenters. The molecule has 4 N–H and O–H groups in total. The second-order valence-corrected chi connectivity index (χ2v) is 3.30. The molecule has 0 spiro atoms.